The molecule has 1 aromatic heterocycles. The first-order valence-electron chi connectivity index (χ1n) is 7.30. The van der Waals surface area contributed by atoms with Gasteiger partial charge in [0.25, 0.3) is 0 Å². The molecule has 0 saturated heterocycles. The lowest BCUT2D eigenvalue weighted by Crippen LogP contribution is -2.33. The van der Waals surface area contributed by atoms with Gasteiger partial charge >= 0.3 is 0 Å². The summed E-state index contributed by atoms with van der Waals surface area (Å²) in [7, 11) is 0. The van der Waals surface area contributed by atoms with Crippen LogP contribution in [-0.4, -0.2) is 37.9 Å². The van der Waals surface area contributed by atoms with Gasteiger partial charge in [-0.25, -0.2) is 0 Å². The van der Waals surface area contributed by atoms with Gasteiger partial charge in [0.15, 0.2) is 5.82 Å². The van der Waals surface area contributed by atoms with E-state index in [1.54, 1.807) is 4.68 Å². The molecule has 0 saturated carbocycles. The van der Waals surface area contributed by atoms with E-state index in [4.69, 9.17) is 0 Å². The van der Waals surface area contributed by atoms with Gasteiger partial charge in [-0.2, -0.15) is 4.68 Å². The van der Waals surface area contributed by atoms with Gasteiger partial charge in [-0.05, 0) is 35.4 Å². The van der Waals surface area contributed by atoms with E-state index in [0.29, 0.717) is 18.2 Å². The van der Waals surface area contributed by atoms with Crippen LogP contribution in [0.3, 0.4) is 0 Å². The van der Waals surface area contributed by atoms with Crippen molar-refractivity contribution in [3.05, 3.63) is 36.2 Å². The van der Waals surface area contributed by atoms with Gasteiger partial charge in [0.05, 0.1) is 16.7 Å². The fraction of sp³-hybridized carbons (Fsp3) is 0.467. The van der Waals surface area contributed by atoms with Gasteiger partial charge in [0.2, 0.25) is 5.91 Å². The number of carbonyl (C=O) groups excluding carboxylic acids is 1. The Morgan fingerprint density at radius 3 is 2.68 bits per heavy atom. The Morgan fingerprint density at radius 1 is 1.27 bits per heavy atom. The zero-order chi connectivity index (χ0) is 15.9. The van der Waals surface area contributed by atoms with Crippen molar-refractivity contribution >= 4 is 17.7 Å². The quantitative estimate of drug-likeness (QED) is 0.845. The van der Waals surface area contributed by atoms with Crippen molar-refractivity contribution < 1.29 is 4.79 Å². The van der Waals surface area contributed by atoms with Crippen molar-refractivity contribution in [1.29, 1.82) is 0 Å². The summed E-state index contributed by atoms with van der Waals surface area (Å²) in [5.74, 6) is 1.82. The second-order valence-corrected chi connectivity index (χ2v) is 6.76. The van der Waals surface area contributed by atoms with Crippen LogP contribution in [0.2, 0.25) is 0 Å². The summed E-state index contributed by atoms with van der Waals surface area (Å²) in [5, 5.41) is 14.6. The number of thioether (sulfide) groups is 1. The fourth-order valence-corrected chi connectivity index (χ4v) is 2.60. The number of tetrazole rings is 1. The van der Waals surface area contributed by atoms with E-state index in [1.807, 2.05) is 37.3 Å². The molecular weight excluding hydrogens is 298 g/mol. The van der Waals surface area contributed by atoms with Crippen molar-refractivity contribution in [2.75, 3.05) is 6.54 Å². The van der Waals surface area contributed by atoms with E-state index in [-0.39, 0.29) is 11.2 Å². The number of hydrogen-bond donors (Lipinski definition) is 1. The highest BCUT2D eigenvalue weighted by molar-refractivity contribution is 7.99. The second kappa shape index (κ2) is 7.93. The maximum absolute atomic E-state index is 12.0. The lowest BCUT2D eigenvalue weighted by atomic mass is 10.2. The molecule has 7 heteroatoms. The second-order valence-electron chi connectivity index (χ2n) is 5.43. The topological polar surface area (TPSA) is 72.7 Å². The highest BCUT2D eigenvalue weighted by Crippen LogP contribution is 2.18. The van der Waals surface area contributed by atoms with Crippen molar-refractivity contribution in [2.45, 2.75) is 31.8 Å². The van der Waals surface area contributed by atoms with E-state index in [9.17, 15) is 4.79 Å². The van der Waals surface area contributed by atoms with Gasteiger partial charge in [-0.15, -0.1) is 16.9 Å². The molecule has 0 aliphatic rings. The third-order valence-corrected chi connectivity index (χ3v) is 4.19. The molecule has 1 N–H and O–H groups in total. The van der Waals surface area contributed by atoms with Crippen LogP contribution in [0.5, 0.6) is 0 Å². The van der Waals surface area contributed by atoms with Crippen molar-refractivity contribution in [2.24, 2.45) is 5.92 Å². The third kappa shape index (κ3) is 4.56. The van der Waals surface area contributed by atoms with Crippen LogP contribution in [0.25, 0.3) is 5.69 Å². The molecule has 22 heavy (non-hydrogen) atoms. The maximum atomic E-state index is 12.0. The van der Waals surface area contributed by atoms with Crippen LogP contribution in [0.4, 0.5) is 0 Å². The monoisotopic (exact) mass is 319 g/mol. The molecule has 0 radical (unpaired) electrons. The van der Waals surface area contributed by atoms with Crippen LogP contribution >= 0.6 is 11.8 Å². The lowest BCUT2D eigenvalue weighted by molar-refractivity contribution is -0.120. The Morgan fingerprint density at radius 2 is 2.00 bits per heavy atom. The molecule has 0 fully saturated rings. The lowest BCUT2D eigenvalue weighted by Gasteiger charge is -2.13. The van der Waals surface area contributed by atoms with Crippen molar-refractivity contribution in [3.63, 3.8) is 0 Å². The average Bonchev–Trinajstić information content (AvgIpc) is 2.99. The highest BCUT2D eigenvalue weighted by Gasteiger charge is 2.16. The Hall–Kier alpha value is -1.89. The molecule has 0 spiro atoms. The molecule has 0 aliphatic carbocycles. The summed E-state index contributed by atoms with van der Waals surface area (Å²) in [6.07, 6.45) is 0. The molecule has 1 amide bonds. The first-order chi connectivity index (χ1) is 10.6. The smallest absolute Gasteiger partial charge is 0.232 e. The fourth-order valence-electron chi connectivity index (χ4n) is 1.79. The van der Waals surface area contributed by atoms with Crippen molar-refractivity contribution in [3.8, 4) is 5.69 Å². The Balaban J connectivity index is 1.93. The molecule has 2 rings (SSSR count). The molecule has 6 nitrogen and oxygen atoms in total. The number of amides is 1. The summed E-state index contributed by atoms with van der Waals surface area (Å²) in [5.41, 5.74) is 0.917. The highest BCUT2D eigenvalue weighted by atomic mass is 32.2. The number of aromatic nitrogens is 4. The predicted molar refractivity (Wildman–Crippen MR) is 87.8 cm³/mol. The number of nitrogens with one attached hydrogen (secondary N) is 1. The molecule has 0 aliphatic heterocycles. The number of benzene rings is 1. The van der Waals surface area contributed by atoms with Crippen LogP contribution in [0.15, 0.2) is 30.3 Å². The summed E-state index contributed by atoms with van der Waals surface area (Å²) < 4.78 is 1.70. The van der Waals surface area contributed by atoms with Gasteiger partial charge in [0.1, 0.15) is 0 Å². The number of hydrogen-bond acceptors (Lipinski definition) is 5. The minimum absolute atomic E-state index is 0.0532. The van der Waals surface area contributed by atoms with Gasteiger partial charge in [-0.1, -0.05) is 32.0 Å². The summed E-state index contributed by atoms with van der Waals surface area (Å²) >= 11 is 1.53. The zero-order valence-electron chi connectivity index (χ0n) is 13.1. The van der Waals surface area contributed by atoms with Crippen LogP contribution in [0.1, 0.15) is 26.6 Å². The van der Waals surface area contributed by atoms with Crippen molar-refractivity contribution in [1.82, 2.24) is 25.5 Å². The number of carbonyl (C=O) groups is 1. The SMILES string of the molecule is CC(C)CNC(=O)C(C)SCc1nnnn1-c1ccccc1. The normalized spacial score (nSPS) is 12.4. The molecule has 118 valence electrons. The minimum Gasteiger partial charge on any atom is -0.355 e. The number of nitrogens with zero attached hydrogens (tertiary/aromatic N) is 4. The van der Waals surface area contributed by atoms with E-state index in [1.165, 1.54) is 11.8 Å². The third-order valence-electron chi connectivity index (χ3n) is 3.05. The standard InChI is InChI=1S/C15H21N5OS/c1-11(2)9-16-15(21)12(3)22-10-14-17-18-19-20(14)13-7-5-4-6-8-13/h4-8,11-12H,9-10H2,1-3H3,(H,16,21). The first kappa shape index (κ1) is 16.5. The Bertz CT molecular complexity index is 599. The van der Waals surface area contributed by atoms with E-state index in [0.717, 1.165) is 11.5 Å². The van der Waals surface area contributed by atoms with Gasteiger partial charge < -0.3 is 5.32 Å². The largest absolute Gasteiger partial charge is 0.355 e. The Kier molecular flexibility index (Phi) is 5.94. The minimum atomic E-state index is -0.139. The molecule has 1 unspecified atom stereocenters. The van der Waals surface area contributed by atoms with E-state index >= 15 is 0 Å². The summed E-state index contributed by atoms with van der Waals surface area (Å²) in [6, 6.07) is 9.72. The predicted octanol–water partition coefficient (Wildman–Crippen LogP) is 2.06. The molecule has 2 aromatic rings. The number of rotatable bonds is 7. The zero-order valence-corrected chi connectivity index (χ0v) is 13.9. The average molecular weight is 319 g/mol. The van der Waals surface area contributed by atoms with Crippen LogP contribution in [-0.2, 0) is 10.5 Å². The van der Waals surface area contributed by atoms with E-state index < -0.39 is 0 Å². The maximum Gasteiger partial charge on any atom is 0.232 e. The van der Waals surface area contributed by atoms with Gasteiger partial charge in [-0.3, -0.25) is 4.79 Å². The molecule has 1 aromatic carbocycles. The first-order valence-corrected chi connectivity index (χ1v) is 8.34. The molecule has 1 heterocycles. The van der Waals surface area contributed by atoms with E-state index in [2.05, 4.69) is 34.7 Å². The van der Waals surface area contributed by atoms with Gasteiger partial charge in [0, 0.05) is 6.54 Å². The molecule has 0 bridgehead atoms. The molecule has 1 atom stereocenters. The van der Waals surface area contributed by atoms with Crippen LogP contribution in [0, 0.1) is 5.92 Å². The number of para-hydroxylation sites is 1. The van der Waals surface area contributed by atoms with Crippen LogP contribution < -0.4 is 5.32 Å². The molecular formula is C15H21N5OS. The summed E-state index contributed by atoms with van der Waals surface area (Å²) in [4.78, 5) is 12.0. The Labute approximate surface area is 134 Å². The summed E-state index contributed by atoms with van der Waals surface area (Å²) in [6.45, 7) is 6.75.